The normalized spacial score (nSPS) is 29.2. The van der Waals surface area contributed by atoms with Gasteiger partial charge in [-0.15, -0.1) is 0 Å². The van der Waals surface area contributed by atoms with E-state index in [2.05, 4.69) is 0 Å². The summed E-state index contributed by atoms with van der Waals surface area (Å²) in [6, 6.07) is 1.66. The van der Waals surface area contributed by atoms with Gasteiger partial charge in [-0.2, -0.15) is 0 Å². The fraction of sp³-hybridized carbons (Fsp3) is 0.611. The number of phenolic OH excluding ortho intramolecular Hbond substituents is 3. The second-order valence-electron chi connectivity index (χ2n) is 7.34. The Kier molecular flexibility index (Phi) is 8.02. The molecule has 0 saturated carbocycles. The van der Waals surface area contributed by atoms with Gasteiger partial charge >= 0.3 is 5.97 Å². The predicted molar refractivity (Wildman–Crippen MR) is 98.1 cm³/mol. The van der Waals surface area contributed by atoms with Crippen molar-refractivity contribution >= 4 is 5.97 Å². The molecular weight excluding hydrogens is 424 g/mol. The molecule has 1 fully saturated rings. The number of esters is 1. The summed E-state index contributed by atoms with van der Waals surface area (Å²) in [5.41, 5.74) is -2.24. The van der Waals surface area contributed by atoms with E-state index in [-0.39, 0.29) is 5.56 Å². The topological polar surface area (TPSA) is 227 Å². The van der Waals surface area contributed by atoms with Gasteiger partial charge < -0.3 is 60.2 Å². The number of ether oxygens (including phenoxy) is 3. The molecule has 1 aliphatic heterocycles. The molecule has 7 atom stereocenters. The van der Waals surface area contributed by atoms with E-state index in [0.29, 0.717) is 0 Å². The van der Waals surface area contributed by atoms with Crippen molar-refractivity contribution in [2.75, 3.05) is 19.8 Å². The molecule has 31 heavy (non-hydrogen) atoms. The van der Waals surface area contributed by atoms with E-state index >= 15 is 0 Å². The lowest BCUT2D eigenvalue weighted by Crippen LogP contribution is -2.60. The second kappa shape index (κ2) is 9.93. The second-order valence-corrected chi connectivity index (χ2v) is 7.34. The molecule has 13 heteroatoms. The fourth-order valence-corrected chi connectivity index (χ4v) is 2.63. The molecule has 1 aromatic rings. The first-order valence-electron chi connectivity index (χ1n) is 9.13. The highest BCUT2D eigenvalue weighted by atomic mass is 16.7. The quantitative estimate of drug-likeness (QED) is 0.141. The van der Waals surface area contributed by atoms with E-state index in [1.165, 1.54) is 0 Å². The van der Waals surface area contributed by atoms with Crippen molar-refractivity contribution < 1.29 is 65.0 Å². The van der Waals surface area contributed by atoms with Gasteiger partial charge in [-0.3, -0.25) is 0 Å². The van der Waals surface area contributed by atoms with Crippen LogP contribution in [0, 0.1) is 0 Å². The largest absolute Gasteiger partial charge is 0.504 e. The molecule has 2 rings (SSSR count). The number of carbonyl (C=O) groups is 1. The summed E-state index contributed by atoms with van der Waals surface area (Å²) in [6.07, 6.45) is -9.78. The zero-order valence-corrected chi connectivity index (χ0v) is 16.4. The predicted octanol–water partition coefficient (Wildman–Crippen LogP) is -3.11. The van der Waals surface area contributed by atoms with Gasteiger partial charge in [0.25, 0.3) is 0 Å². The maximum atomic E-state index is 12.1. The van der Waals surface area contributed by atoms with Gasteiger partial charge in [0, 0.05) is 0 Å². The Morgan fingerprint density at radius 2 is 1.71 bits per heavy atom. The molecule has 0 spiro atoms. The molecule has 0 unspecified atom stereocenters. The fourth-order valence-electron chi connectivity index (χ4n) is 2.63. The number of hydrogen-bond donors (Lipinski definition) is 9. The van der Waals surface area contributed by atoms with Crippen LogP contribution in [0.1, 0.15) is 17.3 Å². The van der Waals surface area contributed by atoms with Crippen molar-refractivity contribution in [1.82, 2.24) is 0 Å². The smallest absolute Gasteiger partial charge is 0.338 e. The highest BCUT2D eigenvalue weighted by Gasteiger charge is 2.45. The van der Waals surface area contributed by atoms with E-state index in [1.807, 2.05) is 0 Å². The minimum atomic E-state index is -1.91. The van der Waals surface area contributed by atoms with Gasteiger partial charge in [0.15, 0.2) is 23.5 Å². The van der Waals surface area contributed by atoms with E-state index < -0.39 is 85.4 Å². The van der Waals surface area contributed by atoms with Gasteiger partial charge in [-0.1, -0.05) is 0 Å². The van der Waals surface area contributed by atoms with Crippen molar-refractivity contribution in [2.45, 2.75) is 49.3 Å². The third kappa shape index (κ3) is 5.72. The lowest BCUT2D eigenvalue weighted by molar-refractivity contribution is -0.307. The highest BCUT2D eigenvalue weighted by molar-refractivity contribution is 5.91. The van der Waals surface area contributed by atoms with E-state index in [0.717, 1.165) is 19.1 Å². The van der Waals surface area contributed by atoms with Crippen LogP contribution >= 0.6 is 0 Å². The molecule has 0 aromatic heterocycles. The zero-order valence-electron chi connectivity index (χ0n) is 16.4. The molecule has 1 heterocycles. The Bertz CT molecular complexity index is 744. The average Bonchev–Trinajstić information content (AvgIpc) is 2.73. The van der Waals surface area contributed by atoms with Crippen LogP contribution in [0.25, 0.3) is 0 Å². The minimum Gasteiger partial charge on any atom is -0.504 e. The summed E-state index contributed by atoms with van der Waals surface area (Å²) in [7, 11) is 0. The van der Waals surface area contributed by atoms with Crippen LogP contribution in [-0.2, 0) is 14.2 Å². The first kappa shape index (κ1) is 25.0. The summed E-state index contributed by atoms with van der Waals surface area (Å²) in [6.45, 7) is -0.910. The van der Waals surface area contributed by atoms with Crippen molar-refractivity contribution in [3.05, 3.63) is 17.7 Å². The van der Waals surface area contributed by atoms with Crippen LogP contribution in [0.5, 0.6) is 17.2 Å². The Labute approximate surface area is 175 Å². The third-order valence-electron chi connectivity index (χ3n) is 4.81. The Balaban J connectivity index is 2.01. The van der Waals surface area contributed by atoms with Gasteiger partial charge in [0.1, 0.15) is 42.7 Å². The average molecular weight is 450 g/mol. The number of phenols is 3. The van der Waals surface area contributed by atoms with Crippen LogP contribution in [0.2, 0.25) is 0 Å². The van der Waals surface area contributed by atoms with Crippen LogP contribution in [0.15, 0.2) is 12.1 Å². The molecule has 0 radical (unpaired) electrons. The molecule has 1 saturated heterocycles. The summed E-state index contributed by atoms with van der Waals surface area (Å²) < 4.78 is 15.3. The lowest BCUT2D eigenvalue weighted by atomic mass is 9.99. The first-order chi connectivity index (χ1) is 14.4. The van der Waals surface area contributed by atoms with Crippen LogP contribution in [0.3, 0.4) is 0 Å². The first-order valence-corrected chi connectivity index (χ1v) is 9.13. The minimum absolute atomic E-state index is 0.333. The third-order valence-corrected chi connectivity index (χ3v) is 4.81. The number of rotatable bonds is 8. The van der Waals surface area contributed by atoms with Crippen LogP contribution in [-0.4, -0.2) is 114 Å². The maximum absolute atomic E-state index is 12.1. The molecular formula is C18H26O13. The number of benzene rings is 1. The molecule has 1 aromatic carbocycles. The number of aliphatic hydroxyl groups excluding tert-OH is 5. The molecule has 0 aliphatic carbocycles. The maximum Gasteiger partial charge on any atom is 0.338 e. The Hall–Kier alpha value is -2.23. The van der Waals surface area contributed by atoms with Crippen molar-refractivity contribution in [3.8, 4) is 17.2 Å². The van der Waals surface area contributed by atoms with Crippen LogP contribution in [0.4, 0.5) is 0 Å². The van der Waals surface area contributed by atoms with Crippen molar-refractivity contribution in [1.29, 1.82) is 0 Å². The van der Waals surface area contributed by atoms with E-state index in [4.69, 9.17) is 19.3 Å². The van der Waals surface area contributed by atoms with Crippen LogP contribution < -0.4 is 0 Å². The van der Waals surface area contributed by atoms with Gasteiger partial charge in [-0.05, 0) is 19.1 Å². The number of hydrogen-bond acceptors (Lipinski definition) is 13. The Morgan fingerprint density at radius 1 is 1.13 bits per heavy atom. The van der Waals surface area contributed by atoms with E-state index in [9.17, 15) is 45.6 Å². The summed E-state index contributed by atoms with van der Waals surface area (Å²) >= 11 is 0. The number of aliphatic hydroxyl groups is 6. The van der Waals surface area contributed by atoms with Gasteiger partial charge in [-0.25, -0.2) is 4.79 Å². The standard InChI is InChI=1S/C18H26O13/c1-18(28,6-19)11(22)5-30-17-15(26)14(25)13(24)10(31-17)4-29-16(27)7-2-8(20)12(23)9(21)3-7/h2-3,10-11,13-15,17,19-26,28H,4-6H2,1H3/t10-,11-,13-,14+,15-,17-,18+/m1/s1. The monoisotopic (exact) mass is 450 g/mol. The van der Waals surface area contributed by atoms with Gasteiger partial charge in [0.05, 0.1) is 18.8 Å². The molecule has 176 valence electrons. The van der Waals surface area contributed by atoms with Crippen molar-refractivity contribution in [3.63, 3.8) is 0 Å². The molecule has 13 nitrogen and oxygen atoms in total. The Morgan fingerprint density at radius 3 is 2.26 bits per heavy atom. The zero-order chi connectivity index (χ0) is 23.5. The molecule has 9 N–H and O–H groups in total. The molecule has 1 aliphatic rings. The van der Waals surface area contributed by atoms with E-state index in [1.54, 1.807) is 0 Å². The molecule has 0 bridgehead atoms. The SMILES string of the molecule is C[C@](O)(CO)[C@H](O)CO[C@@H]1O[C@H](COC(=O)c2cc(O)c(O)c(O)c2)[C@@H](O)[C@H](O)[C@H]1O. The summed E-state index contributed by atoms with van der Waals surface area (Å²) in [4.78, 5) is 12.1. The number of aromatic hydroxyl groups is 3. The van der Waals surface area contributed by atoms with Gasteiger partial charge in [0.2, 0.25) is 0 Å². The lowest BCUT2D eigenvalue weighted by Gasteiger charge is -2.40. The van der Waals surface area contributed by atoms with Crippen molar-refractivity contribution in [2.24, 2.45) is 0 Å². The summed E-state index contributed by atoms with van der Waals surface area (Å²) in [5.74, 6) is -3.45. The summed E-state index contributed by atoms with van der Waals surface area (Å²) in [5, 5.41) is 86.9. The highest BCUT2D eigenvalue weighted by Crippen LogP contribution is 2.35. The molecule has 0 amide bonds. The number of carbonyl (C=O) groups excluding carboxylic acids is 1.